The Kier molecular flexibility index (Phi) is 8.99. The van der Waals surface area contributed by atoms with Gasteiger partial charge in [-0.15, -0.1) is 0 Å². The molecule has 3 aromatic heterocycles. The first-order chi connectivity index (χ1) is 21.9. The van der Waals surface area contributed by atoms with Gasteiger partial charge in [-0.2, -0.15) is 10.2 Å². The molecule has 6 rings (SSSR count). The van der Waals surface area contributed by atoms with Crippen LogP contribution in [-0.4, -0.2) is 45.7 Å². The van der Waals surface area contributed by atoms with Crippen LogP contribution in [0.1, 0.15) is 57.9 Å². The number of nitrogens with one attached hydrogen (secondary N) is 1. The van der Waals surface area contributed by atoms with E-state index in [1.165, 1.54) is 0 Å². The van der Waals surface area contributed by atoms with Gasteiger partial charge in [0.2, 0.25) is 0 Å². The summed E-state index contributed by atoms with van der Waals surface area (Å²) in [5.41, 5.74) is 3.54. The van der Waals surface area contributed by atoms with E-state index in [2.05, 4.69) is 56.4 Å². The molecule has 46 heavy (non-hydrogen) atoms. The SMILES string of the molecule is Cn1nccc1Nc1nn(C2CCCCO2)c2ccc(-c3ccn([C@H](CO[Si](C)(C)C(C)(C)C)c4cccc(Cl)c4)c(=O)c3)cc12. The topological polar surface area (TPSA) is 88.1 Å². The molecule has 2 atom stereocenters. The van der Waals surface area contributed by atoms with E-state index < -0.39 is 8.32 Å². The molecule has 1 saturated heterocycles. The second-order valence-electron chi connectivity index (χ2n) is 13.6. The summed E-state index contributed by atoms with van der Waals surface area (Å²) in [5, 5.41) is 14.3. The van der Waals surface area contributed by atoms with Crippen molar-refractivity contribution in [1.82, 2.24) is 24.1 Å². The second kappa shape index (κ2) is 12.8. The average molecular weight is 659 g/mol. The minimum Gasteiger partial charge on any atom is -0.414 e. The number of aromatic nitrogens is 5. The van der Waals surface area contributed by atoms with Gasteiger partial charge in [-0.1, -0.05) is 50.6 Å². The number of rotatable bonds is 9. The molecular formula is C35H43ClN6O3Si. The van der Waals surface area contributed by atoms with Crippen LogP contribution in [0, 0.1) is 0 Å². The van der Waals surface area contributed by atoms with Crippen molar-refractivity contribution in [3.05, 3.63) is 94.0 Å². The average Bonchev–Trinajstić information content (AvgIpc) is 3.60. The zero-order valence-corrected chi connectivity index (χ0v) is 29.2. The third kappa shape index (κ3) is 6.57. The summed E-state index contributed by atoms with van der Waals surface area (Å²) < 4.78 is 18.3. The minimum absolute atomic E-state index is 0.0424. The van der Waals surface area contributed by atoms with E-state index in [-0.39, 0.29) is 22.9 Å². The Bertz CT molecular complexity index is 1900. The van der Waals surface area contributed by atoms with Crippen LogP contribution in [0.5, 0.6) is 0 Å². The van der Waals surface area contributed by atoms with E-state index in [1.54, 1.807) is 21.5 Å². The number of ether oxygens (including phenoxy) is 1. The zero-order valence-electron chi connectivity index (χ0n) is 27.5. The summed E-state index contributed by atoms with van der Waals surface area (Å²) in [6, 6.07) is 19.2. The van der Waals surface area contributed by atoms with Crippen molar-refractivity contribution in [2.24, 2.45) is 7.05 Å². The monoisotopic (exact) mass is 658 g/mol. The quantitative estimate of drug-likeness (QED) is 0.160. The molecule has 4 heterocycles. The highest BCUT2D eigenvalue weighted by atomic mass is 35.5. The lowest BCUT2D eigenvalue weighted by Gasteiger charge is -2.37. The minimum atomic E-state index is -2.07. The third-order valence-electron chi connectivity index (χ3n) is 9.46. The van der Waals surface area contributed by atoms with Gasteiger partial charge in [0.1, 0.15) is 5.82 Å². The lowest BCUT2D eigenvalue weighted by Crippen LogP contribution is -2.43. The van der Waals surface area contributed by atoms with Gasteiger partial charge in [-0.25, -0.2) is 4.68 Å². The van der Waals surface area contributed by atoms with Crippen LogP contribution in [0.2, 0.25) is 23.2 Å². The molecule has 5 aromatic rings. The molecule has 242 valence electrons. The fourth-order valence-corrected chi connectivity index (χ4v) is 6.85. The smallest absolute Gasteiger partial charge is 0.251 e. The van der Waals surface area contributed by atoms with Crippen molar-refractivity contribution in [2.45, 2.75) is 70.4 Å². The lowest BCUT2D eigenvalue weighted by atomic mass is 10.0. The van der Waals surface area contributed by atoms with Crippen LogP contribution in [0.4, 0.5) is 11.6 Å². The number of halogens is 1. The fourth-order valence-electron chi connectivity index (χ4n) is 5.65. The highest BCUT2D eigenvalue weighted by molar-refractivity contribution is 6.74. The summed E-state index contributed by atoms with van der Waals surface area (Å²) in [6.07, 6.45) is 6.57. The van der Waals surface area contributed by atoms with Crippen molar-refractivity contribution in [1.29, 1.82) is 0 Å². The zero-order chi connectivity index (χ0) is 32.6. The number of hydrogen-bond acceptors (Lipinski definition) is 6. The first kappa shape index (κ1) is 32.2. The lowest BCUT2D eigenvalue weighted by molar-refractivity contribution is -0.0365. The molecule has 9 nitrogen and oxygen atoms in total. The van der Waals surface area contributed by atoms with E-state index in [1.807, 2.05) is 60.4 Å². The number of hydrogen-bond donors (Lipinski definition) is 1. The molecule has 0 radical (unpaired) electrons. The van der Waals surface area contributed by atoms with Crippen LogP contribution in [0.25, 0.3) is 22.0 Å². The van der Waals surface area contributed by atoms with Crippen LogP contribution in [0.15, 0.2) is 77.9 Å². The Morgan fingerprint density at radius 1 is 1.09 bits per heavy atom. The molecule has 1 aliphatic heterocycles. The van der Waals surface area contributed by atoms with Crippen LogP contribution in [0.3, 0.4) is 0 Å². The van der Waals surface area contributed by atoms with Gasteiger partial charge in [0, 0.05) is 42.4 Å². The molecule has 2 aromatic carbocycles. The van der Waals surface area contributed by atoms with E-state index in [9.17, 15) is 4.79 Å². The highest BCUT2D eigenvalue weighted by Crippen LogP contribution is 2.38. The van der Waals surface area contributed by atoms with Gasteiger partial charge in [0.25, 0.3) is 5.56 Å². The molecule has 0 saturated carbocycles. The molecule has 1 aliphatic rings. The molecule has 0 spiro atoms. The molecule has 0 bridgehead atoms. The van der Waals surface area contributed by atoms with Gasteiger partial charge in [-0.05, 0) is 84.4 Å². The molecular weight excluding hydrogens is 616 g/mol. The fraction of sp³-hybridized carbons (Fsp3) is 0.400. The van der Waals surface area contributed by atoms with Crippen molar-refractivity contribution in [3.8, 4) is 11.1 Å². The van der Waals surface area contributed by atoms with Crippen LogP contribution in [-0.2, 0) is 16.2 Å². The number of fused-ring (bicyclic) bond motifs is 1. The van der Waals surface area contributed by atoms with Crippen molar-refractivity contribution >= 4 is 42.5 Å². The summed E-state index contributed by atoms with van der Waals surface area (Å²) in [6.45, 7) is 12.2. The summed E-state index contributed by atoms with van der Waals surface area (Å²) in [7, 11) is -0.185. The van der Waals surface area contributed by atoms with Crippen LogP contribution >= 0.6 is 11.6 Å². The van der Waals surface area contributed by atoms with E-state index >= 15 is 0 Å². The largest absolute Gasteiger partial charge is 0.414 e. The standard InChI is InChI=1S/C35H43ClN6O3Si/c1-35(2,3)46(5,6)45-23-30(26-10-9-11-27(36)20-26)41-18-16-25(22-32(41)43)24-13-14-29-28(21-24)34(38-31-15-17-37-40(31)4)39-42(29)33-12-7-8-19-44-33/h9-11,13-18,20-22,30,33H,7-8,12,19,23H2,1-6H3,(H,38,39)/t30-,33?/m1/s1. The number of nitrogens with zero attached hydrogens (tertiary/aromatic N) is 5. The second-order valence-corrected chi connectivity index (χ2v) is 18.9. The first-order valence-corrected chi connectivity index (χ1v) is 19.2. The number of aryl methyl sites for hydroxylation is 1. The highest BCUT2D eigenvalue weighted by Gasteiger charge is 2.38. The Morgan fingerprint density at radius 2 is 1.89 bits per heavy atom. The van der Waals surface area contributed by atoms with E-state index in [0.29, 0.717) is 17.4 Å². The predicted molar refractivity (Wildman–Crippen MR) is 187 cm³/mol. The number of pyridine rings is 1. The van der Waals surface area contributed by atoms with Crippen molar-refractivity contribution in [2.75, 3.05) is 18.5 Å². The van der Waals surface area contributed by atoms with Gasteiger partial charge >= 0.3 is 0 Å². The summed E-state index contributed by atoms with van der Waals surface area (Å²) in [5.74, 6) is 1.54. The summed E-state index contributed by atoms with van der Waals surface area (Å²) in [4.78, 5) is 13.9. The van der Waals surface area contributed by atoms with E-state index in [4.69, 9.17) is 25.9 Å². The molecule has 1 N–H and O–H groups in total. The predicted octanol–water partition coefficient (Wildman–Crippen LogP) is 8.31. The van der Waals surface area contributed by atoms with E-state index in [0.717, 1.165) is 59.3 Å². The summed E-state index contributed by atoms with van der Waals surface area (Å²) >= 11 is 6.40. The Labute approximate surface area is 276 Å². The maximum Gasteiger partial charge on any atom is 0.251 e. The van der Waals surface area contributed by atoms with Crippen LogP contribution < -0.4 is 10.9 Å². The third-order valence-corrected chi connectivity index (χ3v) is 14.2. The maximum absolute atomic E-state index is 13.9. The van der Waals surface area contributed by atoms with Gasteiger partial charge in [-0.3, -0.25) is 9.48 Å². The Morgan fingerprint density at radius 3 is 2.57 bits per heavy atom. The van der Waals surface area contributed by atoms with Gasteiger partial charge in [0.05, 0.1) is 24.4 Å². The molecule has 1 fully saturated rings. The Hall–Kier alpha value is -3.70. The Balaban J connectivity index is 1.37. The first-order valence-electron chi connectivity index (χ1n) is 15.9. The maximum atomic E-state index is 13.9. The van der Waals surface area contributed by atoms with Crippen molar-refractivity contribution in [3.63, 3.8) is 0 Å². The molecule has 0 aliphatic carbocycles. The van der Waals surface area contributed by atoms with Crippen molar-refractivity contribution < 1.29 is 9.16 Å². The normalized spacial score (nSPS) is 16.5. The molecule has 1 unspecified atom stereocenters. The van der Waals surface area contributed by atoms with Gasteiger partial charge in [0.15, 0.2) is 20.4 Å². The van der Waals surface area contributed by atoms with Gasteiger partial charge < -0.3 is 19.0 Å². The number of benzene rings is 2. The molecule has 0 amide bonds. The number of anilines is 2. The molecule has 11 heteroatoms.